The SMILES string of the molecule is CC(C)(C)OC(=O)NCCCCCCN=CC1=C(O)CC(c2ccccc2)CC1=O. The van der Waals surface area contributed by atoms with Crippen LogP contribution in [-0.4, -0.2) is 41.9 Å². The summed E-state index contributed by atoms with van der Waals surface area (Å²) in [6, 6.07) is 9.83. The van der Waals surface area contributed by atoms with Crippen LogP contribution in [-0.2, 0) is 9.53 Å². The minimum atomic E-state index is -0.478. The van der Waals surface area contributed by atoms with E-state index in [0.717, 1.165) is 31.2 Å². The summed E-state index contributed by atoms with van der Waals surface area (Å²) in [5.41, 5.74) is 0.951. The number of amides is 1. The van der Waals surface area contributed by atoms with Gasteiger partial charge in [-0.05, 0) is 45.1 Å². The van der Waals surface area contributed by atoms with E-state index < -0.39 is 5.60 Å². The van der Waals surface area contributed by atoms with Crippen molar-refractivity contribution < 1.29 is 19.4 Å². The molecule has 0 saturated carbocycles. The third kappa shape index (κ3) is 8.39. The summed E-state index contributed by atoms with van der Waals surface area (Å²) >= 11 is 0. The molecule has 30 heavy (non-hydrogen) atoms. The van der Waals surface area contributed by atoms with Crippen molar-refractivity contribution in [3.05, 3.63) is 47.2 Å². The minimum Gasteiger partial charge on any atom is -0.511 e. The van der Waals surface area contributed by atoms with Crippen molar-refractivity contribution in [3.63, 3.8) is 0 Å². The van der Waals surface area contributed by atoms with Gasteiger partial charge in [0, 0.05) is 32.1 Å². The average Bonchev–Trinajstić information content (AvgIpc) is 2.67. The van der Waals surface area contributed by atoms with Crippen LogP contribution in [0, 0.1) is 0 Å². The van der Waals surface area contributed by atoms with Gasteiger partial charge in [-0.25, -0.2) is 4.79 Å². The zero-order valence-corrected chi connectivity index (χ0v) is 18.3. The molecule has 1 aromatic carbocycles. The van der Waals surface area contributed by atoms with Crippen LogP contribution >= 0.6 is 0 Å². The van der Waals surface area contributed by atoms with Gasteiger partial charge in [0.1, 0.15) is 11.4 Å². The quantitative estimate of drug-likeness (QED) is 0.435. The number of rotatable bonds is 9. The number of hydrogen-bond donors (Lipinski definition) is 2. The van der Waals surface area contributed by atoms with Crippen molar-refractivity contribution in [2.75, 3.05) is 13.1 Å². The third-order valence-corrected chi connectivity index (χ3v) is 4.86. The number of aliphatic hydroxyl groups is 1. The first-order chi connectivity index (χ1) is 14.3. The fourth-order valence-corrected chi connectivity index (χ4v) is 3.36. The number of ketones is 1. The van der Waals surface area contributed by atoms with E-state index in [1.807, 2.05) is 51.1 Å². The van der Waals surface area contributed by atoms with Gasteiger partial charge in [0.05, 0.1) is 5.57 Å². The fourth-order valence-electron chi connectivity index (χ4n) is 3.36. The summed E-state index contributed by atoms with van der Waals surface area (Å²) in [4.78, 5) is 28.3. The predicted molar refractivity (Wildman–Crippen MR) is 119 cm³/mol. The lowest BCUT2D eigenvalue weighted by Gasteiger charge is -2.22. The molecule has 0 radical (unpaired) electrons. The Morgan fingerprint density at radius 2 is 1.87 bits per heavy atom. The monoisotopic (exact) mass is 414 g/mol. The van der Waals surface area contributed by atoms with Crippen molar-refractivity contribution >= 4 is 18.1 Å². The maximum atomic E-state index is 12.4. The molecule has 164 valence electrons. The molecule has 0 aliphatic heterocycles. The summed E-state index contributed by atoms with van der Waals surface area (Å²) < 4.78 is 5.18. The third-order valence-electron chi connectivity index (χ3n) is 4.86. The van der Waals surface area contributed by atoms with Gasteiger partial charge < -0.3 is 15.2 Å². The molecule has 1 aliphatic rings. The van der Waals surface area contributed by atoms with Gasteiger partial charge in [-0.2, -0.15) is 0 Å². The van der Waals surface area contributed by atoms with Gasteiger partial charge in [-0.3, -0.25) is 9.79 Å². The number of aliphatic imine (C=N–C) groups is 1. The average molecular weight is 415 g/mol. The van der Waals surface area contributed by atoms with Crippen molar-refractivity contribution in [1.29, 1.82) is 0 Å². The van der Waals surface area contributed by atoms with E-state index >= 15 is 0 Å². The van der Waals surface area contributed by atoms with E-state index in [0.29, 0.717) is 31.5 Å². The second-order valence-electron chi connectivity index (χ2n) is 8.68. The van der Waals surface area contributed by atoms with Crippen LogP contribution in [0.25, 0.3) is 0 Å². The molecule has 1 atom stereocenters. The van der Waals surface area contributed by atoms with Crippen molar-refractivity contribution in [2.45, 2.75) is 70.8 Å². The number of allylic oxidation sites excluding steroid dienone is 2. The van der Waals surface area contributed by atoms with Gasteiger partial charge in [-0.1, -0.05) is 43.2 Å². The molecule has 2 N–H and O–H groups in total. The smallest absolute Gasteiger partial charge is 0.407 e. The lowest BCUT2D eigenvalue weighted by atomic mass is 9.83. The van der Waals surface area contributed by atoms with E-state index in [-0.39, 0.29) is 23.6 Å². The minimum absolute atomic E-state index is 0.0325. The molecule has 0 fully saturated rings. The number of nitrogens with zero attached hydrogens (tertiary/aromatic N) is 1. The van der Waals surface area contributed by atoms with Crippen molar-refractivity contribution in [2.24, 2.45) is 4.99 Å². The molecule has 1 aliphatic carbocycles. The number of benzene rings is 1. The zero-order chi connectivity index (χ0) is 22.0. The Hall–Kier alpha value is -2.63. The molecule has 6 heteroatoms. The molecule has 1 aromatic rings. The molecule has 0 bridgehead atoms. The molecule has 2 rings (SSSR count). The summed E-state index contributed by atoms with van der Waals surface area (Å²) in [7, 11) is 0. The Morgan fingerprint density at radius 1 is 1.17 bits per heavy atom. The molecule has 1 unspecified atom stereocenters. The molecule has 0 aromatic heterocycles. The topological polar surface area (TPSA) is 88.0 Å². The van der Waals surface area contributed by atoms with Gasteiger partial charge in [0.15, 0.2) is 5.78 Å². The Labute approximate surface area is 179 Å². The predicted octanol–water partition coefficient (Wildman–Crippen LogP) is 5.10. The lowest BCUT2D eigenvalue weighted by molar-refractivity contribution is -0.116. The number of ether oxygens (including phenoxy) is 1. The number of alkyl carbamates (subject to hydrolysis) is 1. The molecule has 6 nitrogen and oxygen atoms in total. The van der Waals surface area contributed by atoms with Crippen molar-refractivity contribution in [3.8, 4) is 0 Å². The summed E-state index contributed by atoms with van der Waals surface area (Å²) in [5.74, 6) is 0.117. The van der Waals surface area contributed by atoms with E-state index in [1.54, 1.807) is 0 Å². The Balaban J connectivity index is 1.64. The highest BCUT2D eigenvalue weighted by molar-refractivity contribution is 6.14. The maximum Gasteiger partial charge on any atom is 0.407 e. The number of Topliss-reactive ketones (excluding diaryl/α,β-unsaturated/α-hetero) is 1. The lowest BCUT2D eigenvalue weighted by Crippen LogP contribution is -2.32. The first-order valence-electron chi connectivity index (χ1n) is 10.7. The Bertz CT molecular complexity index is 763. The molecule has 0 saturated heterocycles. The number of unbranched alkanes of at least 4 members (excludes halogenated alkanes) is 3. The molecule has 0 heterocycles. The van der Waals surface area contributed by atoms with Crippen molar-refractivity contribution in [1.82, 2.24) is 5.32 Å². The number of carbonyl (C=O) groups excluding carboxylic acids is 2. The Kier molecular flexibility index (Phi) is 9.09. The number of nitrogens with one attached hydrogen (secondary N) is 1. The number of carbonyl (C=O) groups is 2. The molecule has 1 amide bonds. The second-order valence-corrected chi connectivity index (χ2v) is 8.68. The van der Waals surface area contributed by atoms with Crippen LogP contribution in [0.15, 0.2) is 46.7 Å². The molecule has 0 spiro atoms. The van der Waals surface area contributed by atoms with Crippen LogP contribution < -0.4 is 5.32 Å². The van der Waals surface area contributed by atoms with Gasteiger partial charge in [0.25, 0.3) is 0 Å². The highest BCUT2D eigenvalue weighted by Crippen LogP contribution is 2.32. The Morgan fingerprint density at radius 3 is 2.53 bits per heavy atom. The van der Waals surface area contributed by atoms with Crippen LogP contribution in [0.4, 0.5) is 4.79 Å². The fraction of sp³-hybridized carbons (Fsp3) is 0.542. The van der Waals surface area contributed by atoms with E-state index in [4.69, 9.17) is 4.74 Å². The standard InChI is InChI=1S/C24H34N2O4/c1-24(2,3)30-23(29)26-14-10-5-4-9-13-25-17-20-21(27)15-19(16-22(20)28)18-11-7-6-8-12-18/h6-8,11-12,17,19,27H,4-5,9-10,13-16H2,1-3H3,(H,26,29). The first kappa shape index (κ1) is 23.6. The van der Waals surface area contributed by atoms with Crippen LogP contribution in [0.1, 0.15) is 70.8 Å². The van der Waals surface area contributed by atoms with E-state index in [9.17, 15) is 14.7 Å². The highest BCUT2D eigenvalue weighted by Gasteiger charge is 2.27. The van der Waals surface area contributed by atoms with Gasteiger partial charge in [-0.15, -0.1) is 0 Å². The number of aliphatic hydroxyl groups excluding tert-OH is 1. The normalized spacial score (nSPS) is 17.4. The molecular weight excluding hydrogens is 380 g/mol. The largest absolute Gasteiger partial charge is 0.511 e. The van der Waals surface area contributed by atoms with E-state index in [1.165, 1.54) is 6.21 Å². The summed E-state index contributed by atoms with van der Waals surface area (Å²) in [5, 5.41) is 13.1. The molecular formula is C24H34N2O4. The summed E-state index contributed by atoms with van der Waals surface area (Å²) in [6.07, 6.45) is 5.78. The second kappa shape index (κ2) is 11.5. The maximum absolute atomic E-state index is 12.4. The van der Waals surface area contributed by atoms with Crippen LogP contribution in [0.5, 0.6) is 0 Å². The van der Waals surface area contributed by atoms with Crippen LogP contribution in [0.3, 0.4) is 0 Å². The number of hydrogen-bond acceptors (Lipinski definition) is 5. The van der Waals surface area contributed by atoms with Gasteiger partial charge >= 0.3 is 6.09 Å². The summed E-state index contributed by atoms with van der Waals surface area (Å²) in [6.45, 7) is 6.73. The first-order valence-corrected chi connectivity index (χ1v) is 10.7. The zero-order valence-electron chi connectivity index (χ0n) is 18.3. The highest BCUT2D eigenvalue weighted by atomic mass is 16.6. The van der Waals surface area contributed by atoms with E-state index in [2.05, 4.69) is 10.3 Å². The van der Waals surface area contributed by atoms with Crippen LogP contribution in [0.2, 0.25) is 0 Å². The van der Waals surface area contributed by atoms with Gasteiger partial charge in [0.2, 0.25) is 0 Å².